The van der Waals surface area contributed by atoms with Gasteiger partial charge in [-0.1, -0.05) is 27.7 Å². The maximum absolute atomic E-state index is 14.3. The molecule has 4 aliphatic rings. The molecule has 4 aliphatic heterocycles. The second kappa shape index (κ2) is 12.8. The molecular formula is C26H46O5S4Si. The van der Waals surface area contributed by atoms with E-state index in [1.807, 2.05) is 47.0 Å². The Hall–Kier alpha value is 1.13. The number of Topliss-reactive ketones (excluding diaryl/α,β-unsaturated/α-hetero) is 1. The molecule has 0 amide bonds. The van der Waals surface area contributed by atoms with Crippen molar-refractivity contribution in [1.29, 1.82) is 0 Å². The predicted molar refractivity (Wildman–Crippen MR) is 160 cm³/mol. The summed E-state index contributed by atoms with van der Waals surface area (Å²) in [5.74, 6) is 4.72. The Bertz CT molecular complexity index is 734. The molecule has 0 saturated carbocycles. The molecule has 0 aromatic rings. The van der Waals surface area contributed by atoms with Crippen LogP contribution in [0.15, 0.2) is 0 Å². The molecule has 0 bridgehead atoms. The van der Waals surface area contributed by atoms with E-state index in [9.17, 15) is 9.90 Å². The molecule has 0 aromatic heterocycles. The number of carbonyl (C=O) groups excluding carboxylic acids is 1. The molecule has 4 fully saturated rings. The molecule has 0 unspecified atom stereocenters. The third-order valence-electron chi connectivity index (χ3n) is 9.28. The van der Waals surface area contributed by atoms with Crippen LogP contribution in [-0.4, -0.2) is 89.0 Å². The van der Waals surface area contributed by atoms with Gasteiger partial charge >= 0.3 is 0 Å². The molecule has 1 N–H and O–H groups in total. The summed E-state index contributed by atoms with van der Waals surface area (Å²) in [6.45, 7) is 12.4. The number of hydrogen-bond acceptors (Lipinski definition) is 9. The topological polar surface area (TPSA) is 65.0 Å². The highest BCUT2D eigenvalue weighted by Crippen LogP contribution is 2.52. The van der Waals surface area contributed by atoms with Crippen LogP contribution in [-0.2, 0) is 18.7 Å². The Kier molecular flexibility index (Phi) is 10.7. The largest absolute Gasteiger partial charge is 0.413 e. The number of ketones is 1. The Morgan fingerprint density at radius 1 is 1.00 bits per heavy atom. The van der Waals surface area contributed by atoms with Crippen LogP contribution in [0.5, 0.6) is 0 Å². The van der Waals surface area contributed by atoms with Crippen LogP contribution in [0.1, 0.15) is 41.0 Å². The Labute approximate surface area is 236 Å². The molecule has 4 saturated heterocycles. The number of hydrogen-bond donors (Lipinski definition) is 1. The van der Waals surface area contributed by atoms with Crippen LogP contribution in [0.25, 0.3) is 0 Å². The number of aliphatic hydroxyl groups is 1. The van der Waals surface area contributed by atoms with Crippen LogP contribution in [0.4, 0.5) is 0 Å². The number of aliphatic hydroxyl groups excluding tert-OH is 1. The highest BCUT2D eigenvalue weighted by atomic mass is 32.2. The van der Waals surface area contributed by atoms with Crippen molar-refractivity contribution in [2.45, 2.75) is 81.2 Å². The first-order valence-electron chi connectivity index (χ1n) is 13.9. The van der Waals surface area contributed by atoms with E-state index in [4.69, 9.17) is 13.9 Å². The van der Waals surface area contributed by atoms with Gasteiger partial charge in [-0.15, -0.1) is 23.5 Å². The van der Waals surface area contributed by atoms with Gasteiger partial charge in [-0.25, -0.2) is 0 Å². The average Bonchev–Trinajstić information content (AvgIpc) is 3.56. The SMILES string of the molecule is CC[Si](CC)(CC)O[C@H]([C@H]1CSC[C@H]([C@H](O)[C@@H](C)C2(C)SCCS2)C1=O)[C@@H]1CSCCC12OCCO2. The summed E-state index contributed by atoms with van der Waals surface area (Å²) >= 11 is 7.63. The Morgan fingerprint density at radius 2 is 1.61 bits per heavy atom. The van der Waals surface area contributed by atoms with Crippen LogP contribution in [0.2, 0.25) is 18.1 Å². The molecule has 4 rings (SSSR count). The lowest BCUT2D eigenvalue weighted by Crippen LogP contribution is -2.59. The van der Waals surface area contributed by atoms with Crippen molar-refractivity contribution >= 4 is 61.1 Å². The third kappa shape index (κ3) is 5.92. The lowest BCUT2D eigenvalue weighted by molar-refractivity contribution is -0.216. The van der Waals surface area contributed by atoms with Crippen molar-refractivity contribution < 1.29 is 23.8 Å². The van der Waals surface area contributed by atoms with Gasteiger partial charge in [0.05, 0.1) is 41.3 Å². The van der Waals surface area contributed by atoms with Gasteiger partial charge in [0.15, 0.2) is 14.1 Å². The zero-order valence-corrected chi connectivity index (χ0v) is 26.9. The first-order valence-corrected chi connectivity index (χ1v) is 20.7. The van der Waals surface area contributed by atoms with E-state index in [1.54, 1.807) is 0 Å². The second-order valence-electron chi connectivity index (χ2n) is 10.9. The fourth-order valence-corrected chi connectivity index (χ4v) is 15.1. The van der Waals surface area contributed by atoms with Gasteiger partial charge in [0.1, 0.15) is 5.78 Å². The lowest BCUT2D eigenvalue weighted by atomic mass is 9.77. The van der Waals surface area contributed by atoms with Gasteiger partial charge in [0.25, 0.3) is 0 Å². The molecule has 5 nitrogen and oxygen atoms in total. The molecule has 208 valence electrons. The molecule has 36 heavy (non-hydrogen) atoms. The normalized spacial score (nSPS) is 33.1. The first kappa shape index (κ1) is 30.1. The molecule has 0 radical (unpaired) electrons. The summed E-state index contributed by atoms with van der Waals surface area (Å²) in [5, 5.41) is 11.6. The minimum Gasteiger partial charge on any atom is -0.413 e. The fraction of sp³-hybridized carbons (Fsp3) is 0.962. The smallest absolute Gasteiger partial charge is 0.192 e. The zero-order chi connectivity index (χ0) is 26.0. The third-order valence-corrected chi connectivity index (χ3v) is 19.9. The maximum Gasteiger partial charge on any atom is 0.192 e. The highest BCUT2D eigenvalue weighted by Gasteiger charge is 2.56. The Morgan fingerprint density at radius 3 is 2.22 bits per heavy atom. The summed E-state index contributed by atoms with van der Waals surface area (Å²) in [6.07, 6.45) is 0.0136. The monoisotopic (exact) mass is 594 g/mol. The van der Waals surface area contributed by atoms with Crippen molar-refractivity contribution in [3.05, 3.63) is 0 Å². The van der Waals surface area contributed by atoms with Gasteiger partial charge in [0.2, 0.25) is 0 Å². The minimum atomic E-state index is -2.00. The van der Waals surface area contributed by atoms with E-state index in [0.717, 1.165) is 53.3 Å². The summed E-state index contributed by atoms with van der Waals surface area (Å²) < 4.78 is 19.9. The number of rotatable bonds is 10. The van der Waals surface area contributed by atoms with E-state index in [0.29, 0.717) is 19.0 Å². The van der Waals surface area contributed by atoms with Crippen LogP contribution in [0.3, 0.4) is 0 Å². The van der Waals surface area contributed by atoms with Gasteiger partial charge in [0, 0.05) is 47.0 Å². The second-order valence-corrected chi connectivity index (χ2v) is 21.2. The molecule has 1 spiro atoms. The minimum absolute atomic E-state index is 0.0303. The molecule has 4 heterocycles. The maximum atomic E-state index is 14.3. The summed E-state index contributed by atoms with van der Waals surface area (Å²) in [7, 11) is -2.00. The van der Waals surface area contributed by atoms with E-state index >= 15 is 0 Å². The standard InChI is InChI=1S/C26H46O5S4Si/c1-6-36(7-2,8-3)31-24(21-17-32-12-9-26(21)29-10-11-30-26)20-16-33-15-19(23(20)28)22(27)18(4)25(5)34-13-14-35-25/h18-22,24,27H,6-17H2,1-5H3/t18-,19-,20+,21+,22-,24-/m1/s1. The van der Waals surface area contributed by atoms with Crippen LogP contribution >= 0.6 is 47.0 Å². The molecule has 6 atom stereocenters. The summed E-state index contributed by atoms with van der Waals surface area (Å²) in [5.41, 5.74) is 0. The van der Waals surface area contributed by atoms with Crippen molar-refractivity contribution in [1.82, 2.24) is 0 Å². The fourth-order valence-electron chi connectivity index (χ4n) is 6.38. The first-order chi connectivity index (χ1) is 17.2. The predicted octanol–water partition coefficient (Wildman–Crippen LogP) is 5.61. The summed E-state index contributed by atoms with van der Waals surface area (Å²) in [4.78, 5) is 14.3. The van der Waals surface area contributed by atoms with Crippen molar-refractivity contribution in [3.8, 4) is 0 Å². The Balaban J connectivity index is 1.63. The van der Waals surface area contributed by atoms with E-state index < -0.39 is 20.2 Å². The van der Waals surface area contributed by atoms with Crippen molar-refractivity contribution in [2.24, 2.45) is 23.7 Å². The van der Waals surface area contributed by atoms with Gasteiger partial charge < -0.3 is 19.0 Å². The van der Waals surface area contributed by atoms with E-state index in [2.05, 4.69) is 34.6 Å². The van der Waals surface area contributed by atoms with Crippen molar-refractivity contribution in [3.63, 3.8) is 0 Å². The molecule has 10 heteroatoms. The van der Waals surface area contributed by atoms with Gasteiger partial charge in [-0.05, 0) is 30.8 Å². The van der Waals surface area contributed by atoms with E-state index in [1.165, 1.54) is 0 Å². The number of thioether (sulfide) groups is 4. The number of ether oxygens (including phenoxy) is 2. The quantitative estimate of drug-likeness (QED) is 0.325. The highest BCUT2D eigenvalue weighted by molar-refractivity contribution is 8.21. The van der Waals surface area contributed by atoms with Crippen molar-refractivity contribution in [2.75, 3.05) is 47.7 Å². The van der Waals surface area contributed by atoms with Gasteiger partial charge in [-0.3, -0.25) is 4.79 Å². The number of carbonyl (C=O) groups is 1. The van der Waals surface area contributed by atoms with Crippen LogP contribution < -0.4 is 0 Å². The summed E-state index contributed by atoms with van der Waals surface area (Å²) in [6, 6.07) is 3.15. The van der Waals surface area contributed by atoms with Crippen LogP contribution in [0, 0.1) is 23.7 Å². The zero-order valence-electron chi connectivity index (χ0n) is 22.7. The molecular weight excluding hydrogens is 549 g/mol. The average molecular weight is 595 g/mol. The lowest BCUT2D eigenvalue weighted by Gasteiger charge is -2.49. The molecule has 0 aliphatic carbocycles. The molecule has 0 aromatic carbocycles. The van der Waals surface area contributed by atoms with E-state index in [-0.39, 0.29) is 39.6 Å². The van der Waals surface area contributed by atoms with Gasteiger partial charge in [-0.2, -0.15) is 23.5 Å².